The van der Waals surface area contributed by atoms with Crippen molar-refractivity contribution in [3.05, 3.63) is 11.6 Å². The van der Waals surface area contributed by atoms with E-state index in [-0.39, 0.29) is 0 Å². The van der Waals surface area contributed by atoms with Crippen molar-refractivity contribution in [2.24, 2.45) is 11.3 Å². The average molecular weight is 152 g/mol. The fourth-order valence-corrected chi connectivity index (χ4v) is 1.90. The zero-order valence-electron chi connectivity index (χ0n) is 8.28. The maximum absolute atomic E-state index is 2.44. The van der Waals surface area contributed by atoms with Crippen LogP contribution in [-0.4, -0.2) is 0 Å². The summed E-state index contributed by atoms with van der Waals surface area (Å²) in [5, 5.41) is 0. The summed E-state index contributed by atoms with van der Waals surface area (Å²) >= 11 is 0. The summed E-state index contributed by atoms with van der Waals surface area (Å²) in [6.45, 7) is 9.26. The van der Waals surface area contributed by atoms with Gasteiger partial charge < -0.3 is 0 Å². The molecule has 0 heteroatoms. The summed E-state index contributed by atoms with van der Waals surface area (Å²) in [7, 11) is 0. The highest BCUT2D eigenvalue weighted by atomic mass is 14.3. The van der Waals surface area contributed by atoms with Gasteiger partial charge in [0.05, 0.1) is 0 Å². The van der Waals surface area contributed by atoms with Crippen LogP contribution in [0, 0.1) is 11.3 Å². The molecular weight excluding hydrogens is 132 g/mol. The molecule has 1 aliphatic rings. The van der Waals surface area contributed by atoms with Gasteiger partial charge in [-0.05, 0) is 30.6 Å². The van der Waals surface area contributed by atoms with E-state index in [1.807, 2.05) is 0 Å². The third kappa shape index (κ3) is 2.69. The Kier molecular flexibility index (Phi) is 2.41. The Balaban J connectivity index is 2.54. The van der Waals surface area contributed by atoms with E-state index >= 15 is 0 Å². The molecule has 1 saturated carbocycles. The van der Waals surface area contributed by atoms with E-state index in [2.05, 4.69) is 33.8 Å². The number of hydrogen-bond donors (Lipinski definition) is 0. The normalized spacial score (nSPS) is 26.8. The Morgan fingerprint density at radius 1 is 1.36 bits per heavy atom. The standard InChI is InChI=1S/C11H20/c1-9(2)7-10-5-6-11(3,4)8-10/h7,9H,5-6,8H2,1-4H3/b10-7-. The van der Waals surface area contributed by atoms with Crippen LogP contribution >= 0.6 is 0 Å². The molecule has 11 heavy (non-hydrogen) atoms. The van der Waals surface area contributed by atoms with Gasteiger partial charge >= 0.3 is 0 Å². The van der Waals surface area contributed by atoms with Crippen molar-refractivity contribution in [1.82, 2.24) is 0 Å². The lowest BCUT2D eigenvalue weighted by atomic mass is 9.91. The molecule has 0 aromatic rings. The second kappa shape index (κ2) is 3.00. The first-order chi connectivity index (χ1) is 4.99. The van der Waals surface area contributed by atoms with Gasteiger partial charge in [0.25, 0.3) is 0 Å². The largest absolute Gasteiger partial charge is 0.0827 e. The lowest BCUT2D eigenvalue weighted by Gasteiger charge is -2.14. The molecule has 0 unspecified atom stereocenters. The van der Waals surface area contributed by atoms with Crippen LogP contribution in [0.3, 0.4) is 0 Å². The van der Waals surface area contributed by atoms with Crippen LogP contribution in [0.25, 0.3) is 0 Å². The van der Waals surface area contributed by atoms with E-state index in [9.17, 15) is 0 Å². The van der Waals surface area contributed by atoms with Crippen molar-refractivity contribution in [2.75, 3.05) is 0 Å². The van der Waals surface area contributed by atoms with Gasteiger partial charge in [0.15, 0.2) is 0 Å². The third-order valence-corrected chi connectivity index (χ3v) is 2.40. The second-order valence-corrected chi connectivity index (χ2v) is 4.91. The summed E-state index contributed by atoms with van der Waals surface area (Å²) in [5.74, 6) is 0.735. The summed E-state index contributed by atoms with van der Waals surface area (Å²) in [6.07, 6.45) is 6.48. The highest BCUT2D eigenvalue weighted by Crippen LogP contribution is 2.40. The summed E-state index contributed by atoms with van der Waals surface area (Å²) in [4.78, 5) is 0. The van der Waals surface area contributed by atoms with Crippen LogP contribution in [0.5, 0.6) is 0 Å². The highest BCUT2D eigenvalue weighted by molar-refractivity contribution is 5.11. The predicted octanol–water partition coefficient (Wildman–Crippen LogP) is 3.78. The molecule has 0 aromatic heterocycles. The SMILES string of the molecule is CC(C)/C=C1/CCC(C)(C)C1. The zero-order valence-corrected chi connectivity index (χ0v) is 8.28. The van der Waals surface area contributed by atoms with Crippen molar-refractivity contribution in [3.63, 3.8) is 0 Å². The van der Waals surface area contributed by atoms with Gasteiger partial charge in [0.2, 0.25) is 0 Å². The molecular formula is C11H20. The number of allylic oxidation sites excluding steroid dienone is 2. The van der Waals surface area contributed by atoms with Crippen molar-refractivity contribution in [2.45, 2.75) is 47.0 Å². The lowest BCUT2D eigenvalue weighted by molar-refractivity contribution is 0.389. The van der Waals surface area contributed by atoms with Crippen LogP contribution < -0.4 is 0 Å². The first-order valence-corrected chi connectivity index (χ1v) is 4.69. The minimum atomic E-state index is 0.584. The Hall–Kier alpha value is -0.260. The van der Waals surface area contributed by atoms with Crippen LogP contribution in [0.15, 0.2) is 11.6 Å². The maximum atomic E-state index is 2.44. The molecule has 0 saturated heterocycles. The Labute approximate surface area is 70.7 Å². The molecule has 0 aliphatic heterocycles. The molecule has 1 rings (SSSR count). The molecule has 1 fully saturated rings. The van der Waals surface area contributed by atoms with E-state index in [4.69, 9.17) is 0 Å². The van der Waals surface area contributed by atoms with Crippen molar-refractivity contribution in [3.8, 4) is 0 Å². The van der Waals surface area contributed by atoms with E-state index in [0.29, 0.717) is 5.41 Å². The van der Waals surface area contributed by atoms with Gasteiger partial charge in [-0.1, -0.05) is 39.3 Å². The zero-order chi connectivity index (χ0) is 8.48. The van der Waals surface area contributed by atoms with Crippen molar-refractivity contribution in [1.29, 1.82) is 0 Å². The fraction of sp³-hybridized carbons (Fsp3) is 0.818. The number of rotatable bonds is 1. The lowest BCUT2D eigenvalue weighted by Crippen LogP contribution is -2.02. The Morgan fingerprint density at radius 3 is 2.36 bits per heavy atom. The predicted molar refractivity (Wildman–Crippen MR) is 50.6 cm³/mol. The number of hydrogen-bond acceptors (Lipinski definition) is 0. The Bertz CT molecular complexity index is 161. The molecule has 0 spiro atoms. The molecule has 0 N–H and O–H groups in total. The van der Waals surface area contributed by atoms with Crippen LogP contribution in [0.2, 0.25) is 0 Å². The van der Waals surface area contributed by atoms with Gasteiger partial charge in [-0.25, -0.2) is 0 Å². The smallest absolute Gasteiger partial charge is 0.0268 e. The summed E-state index contributed by atoms with van der Waals surface area (Å²) < 4.78 is 0. The molecule has 0 nitrogen and oxygen atoms in total. The molecule has 0 bridgehead atoms. The molecule has 0 heterocycles. The fourth-order valence-electron chi connectivity index (χ4n) is 1.90. The van der Waals surface area contributed by atoms with Crippen LogP contribution in [0.4, 0.5) is 0 Å². The van der Waals surface area contributed by atoms with Crippen LogP contribution in [0.1, 0.15) is 47.0 Å². The second-order valence-electron chi connectivity index (χ2n) is 4.91. The first-order valence-electron chi connectivity index (χ1n) is 4.69. The molecule has 0 atom stereocenters. The maximum Gasteiger partial charge on any atom is -0.0268 e. The van der Waals surface area contributed by atoms with Gasteiger partial charge in [0.1, 0.15) is 0 Å². The Morgan fingerprint density at radius 2 is 2.00 bits per heavy atom. The molecule has 64 valence electrons. The van der Waals surface area contributed by atoms with Gasteiger partial charge in [-0.2, -0.15) is 0 Å². The third-order valence-electron chi connectivity index (χ3n) is 2.40. The summed E-state index contributed by atoms with van der Waals surface area (Å²) in [5.41, 5.74) is 2.27. The van der Waals surface area contributed by atoms with E-state index in [0.717, 1.165) is 5.92 Å². The van der Waals surface area contributed by atoms with Crippen molar-refractivity contribution < 1.29 is 0 Å². The quantitative estimate of drug-likeness (QED) is 0.502. The van der Waals surface area contributed by atoms with Gasteiger partial charge in [-0.3, -0.25) is 0 Å². The first kappa shape index (κ1) is 8.83. The van der Waals surface area contributed by atoms with E-state index < -0.39 is 0 Å². The average Bonchev–Trinajstić information content (AvgIpc) is 2.08. The van der Waals surface area contributed by atoms with Gasteiger partial charge in [0, 0.05) is 0 Å². The molecule has 0 amide bonds. The minimum Gasteiger partial charge on any atom is -0.0827 e. The van der Waals surface area contributed by atoms with Crippen LogP contribution in [-0.2, 0) is 0 Å². The highest BCUT2D eigenvalue weighted by Gasteiger charge is 2.26. The van der Waals surface area contributed by atoms with Crippen molar-refractivity contribution >= 4 is 0 Å². The molecule has 1 aliphatic carbocycles. The van der Waals surface area contributed by atoms with Gasteiger partial charge in [-0.15, -0.1) is 0 Å². The molecule has 0 aromatic carbocycles. The van der Waals surface area contributed by atoms with E-state index in [1.165, 1.54) is 19.3 Å². The topological polar surface area (TPSA) is 0 Å². The summed E-state index contributed by atoms with van der Waals surface area (Å²) in [6, 6.07) is 0. The van der Waals surface area contributed by atoms with E-state index in [1.54, 1.807) is 5.57 Å². The monoisotopic (exact) mass is 152 g/mol. The minimum absolute atomic E-state index is 0.584. The molecule has 0 radical (unpaired) electrons.